The van der Waals surface area contributed by atoms with Gasteiger partial charge in [-0.15, -0.1) is 0 Å². The van der Waals surface area contributed by atoms with Crippen LogP contribution in [0.3, 0.4) is 0 Å². The molecule has 1 saturated heterocycles. The molecule has 0 spiro atoms. The molecule has 10 nitrogen and oxygen atoms in total. The highest BCUT2D eigenvalue weighted by atomic mass is 32.2. The number of amides is 1. The van der Waals surface area contributed by atoms with Gasteiger partial charge in [0.1, 0.15) is 5.70 Å². The first-order valence-corrected chi connectivity index (χ1v) is 12.3. The summed E-state index contributed by atoms with van der Waals surface area (Å²) in [6.45, 7) is 1.77. The largest absolute Gasteiger partial charge is 0.861 e. The third-order valence-electron chi connectivity index (χ3n) is 5.46. The van der Waals surface area contributed by atoms with E-state index >= 15 is 0 Å². The molecule has 0 bridgehead atoms. The second-order valence-corrected chi connectivity index (χ2v) is 8.90. The maximum absolute atomic E-state index is 13.2. The third-order valence-corrected chi connectivity index (χ3v) is 6.38. The minimum atomic E-state index is -0.412. The molecule has 0 radical (unpaired) electrons. The maximum Gasteiger partial charge on any atom is 0.324 e. The molecule has 0 unspecified atom stereocenters. The number of benzene rings is 1. The number of pyridine rings is 1. The zero-order valence-electron chi connectivity index (χ0n) is 18.9. The lowest BCUT2D eigenvalue weighted by Gasteiger charge is -2.18. The minimum Gasteiger partial charge on any atom is -0.861 e. The fraction of sp³-hybridized carbons (Fsp3) is 0.250. The number of carbonyl (C=O) groups is 1. The number of piperidine rings is 1. The molecule has 4 heterocycles. The summed E-state index contributed by atoms with van der Waals surface area (Å²) in [5.74, 6) is -0.558. The average Bonchev–Trinajstić information content (AvgIpc) is 3.49. The van der Waals surface area contributed by atoms with Crippen molar-refractivity contribution in [3.63, 3.8) is 0 Å². The Morgan fingerprint density at radius 1 is 1.17 bits per heavy atom. The molecular weight excluding hydrogens is 466 g/mol. The molecule has 11 heteroatoms. The van der Waals surface area contributed by atoms with Crippen LogP contribution < -0.4 is 19.8 Å². The van der Waals surface area contributed by atoms with Gasteiger partial charge in [-0.25, -0.2) is 9.98 Å². The van der Waals surface area contributed by atoms with E-state index in [1.165, 1.54) is 11.3 Å². The molecule has 1 fully saturated rings. The van der Waals surface area contributed by atoms with Crippen molar-refractivity contribution in [1.29, 1.82) is 0 Å². The van der Waals surface area contributed by atoms with Crippen LogP contribution in [0.25, 0.3) is 6.08 Å². The van der Waals surface area contributed by atoms with E-state index in [0.29, 0.717) is 10.9 Å². The van der Waals surface area contributed by atoms with Gasteiger partial charge in [-0.3, -0.25) is 19.2 Å². The zero-order chi connectivity index (χ0) is 24.0. The summed E-state index contributed by atoms with van der Waals surface area (Å²) in [5, 5.41) is 19.0. The van der Waals surface area contributed by atoms with Crippen molar-refractivity contribution in [2.75, 3.05) is 28.8 Å². The number of nitrogens with zero attached hydrogens (tertiary/aromatic N) is 7. The molecule has 1 amide bonds. The van der Waals surface area contributed by atoms with Crippen LogP contribution in [-0.2, 0) is 4.79 Å². The lowest BCUT2D eigenvalue weighted by molar-refractivity contribution is -0.759. The fourth-order valence-electron chi connectivity index (χ4n) is 3.79. The number of para-hydroxylation sites is 1. The van der Waals surface area contributed by atoms with Crippen molar-refractivity contribution in [3.8, 4) is 0 Å². The van der Waals surface area contributed by atoms with Crippen LogP contribution in [0, 0.1) is 0 Å². The smallest absolute Gasteiger partial charge is 0.324 e. The van der Waals surface area contributed by atoms with Crippen molar-refractivity contribution in [2.24, 2.45) is 9.98 Å². The van der Waals surface area contributed by atoms with Crippen LogP contribution >= 0.6 is 11.8 Å². The van der Waals surface area contributed by atoms with Gasteiger partial charge in [-0.1, -0.05) is 36.0 Å². The first-order chi connectivity index (χ1) is 17.2. The minimum absolute atomic E-state index is 0.0139. The lowest BCUT2D eigenvalue weighted by atomic mass is 10.2. The molecule has 0 saturated carbocycles. The number of hydrogen-bond donors (Lipinski definition) is 0. The second kappa shape index (κ2) is 10.5. The number of amidine groups is 1. The van der Waals surface area contributed by atoms with Gasteiger partial charge in [0.2, 0.25) is 5.27 Å². The lowest BCUT2D eigenvalue weighted by Crippen LogP contribution is -2.60. The molecule has 2 aliphatic rings. The number of anilines is 1. The Balaban J connectivity index is 1.33. The van der Waals surface area contributed by atoms with Gasteiger partial charge in [-0.05, 0) is 55.0 Å². The molecule has 0 N–H and O–H groups in total. The van der Waals surface area contributed by atoms with Crippen molar-refractivity contribution in [3.05, 3.63) is 72.3 Å². The first-order valence-electron chi connectivity index (χ1n) is 11.3. The van der Waals surface area contributed by atoms with Gasteiger partial charge in [0.25, 0.3) is 12.1 Å². The van der Waals surface area contributed by atoms with Crippen LogP contribution in [0.4, 0.5) is 11.6 Å². The number of thioether (sulfide) groups is 1. The Hall–Kier alpha value is -3.99. The standard InChI is InChI=1S/C24H23N7O3S/c32-21(27-22-16-30(28-34-22)29-12-5-2-6-13-29)17-35-24-26-20(14-18-8-7-11-25-15-18)23(33)31(24)19-9-3-1-4-10-19/h1,3-4,7-11,14-16H,2,5-6,12-13,17H2/b20-14+. The van der Waals surface area contributed by atoms with E-state index in [0.717, 1.165) is 43.3 Å². The van der Waals surface area contributed by atoms with E-state index in [1.807, 2.05) is 36.4 Å². The summed E-state index contributed by atoms with van der Waals surface area (Å²) in [6, 6.07) is 12.8. The molecule has 5 rings (SSSR count). The molecule has 0 atom stereocenters. The normalized spacial score (nSPS) is 17.8. The fourth-order valence-corrected chi connectivity index (χ4v) is 4.59. The van der Waals surface area contributed by atoms with Crippen LogP contribution in [-0.4, -0.2) is 46.1 Å². The van der Waals surface area contributed by atoms with E-state index in [9.17, 15) is 9.90 Å². The molecule has 178 valence electrons. The summed E-state index contributed by atoms with van der Waals surface area (Å²) in [5.41, 5.74) is 1.70. The van der Waals surface area contributed by atoms with Gasteiger partial charge < -0.3 is 5.11 Å². The predicted octanol–water partition coefficient (Wildman–Crippen LogP) is 2.05. The number of aliphatic imine (C=N–C) groups is 2. The summed E-state index contributed by atoms with van der Waals surface area (Å²) in [7, 11) is 0. The highest BCUT2D eigenvalue weighted by Crippen LogP contribution is 2.29. The topological polar surface area (TPSA) is 114 Å². The van der Waals surface area contributed by atoms with Crippen LogP contribution in [0.1, 0.15) is 24.8 Å². The zero-order valence-corrected chi connectivity index (χ0v) is 19.7. The Morgan fingerprint density at radius 3 is 2.77 bits per heavy atom. The van der Waals surface area contributed by atoms with Crippen molar-refractivity contribution < 1.29 is 19.2 Å². The van der Waals surface area contributed by atoms with E-state index in [2.05, 4.69) is 25.2 Å². The van der Waals surface area contributed by atoms with E-state index in [1.54, 1.807) is 35.5 Å². The van der Waals surface area contributed by atoms with Gasteiger partial charge in [-0.2, -0.15) is 5.01 Å². The maximum atomic E-state index is 13.2. The molecule has 0 aliphatic carbocycles. The van der Waals surface area contributed by atoms with E-state index in [4.69, 9.17) is 4.52 Å². The Morgan fingerprint density at radius 2 is 2.00 bits per heavy atom. The average molecular weight is 490 g/mol. The molecule has 35 heavy (non-hydrogen) atoms. The highest BCUT2D eigenvalue weighted by molar-refractivity contribution is 8.14. The summed E-state index contributed by atoms with van der Waals surface area (Å²) in [6.07, 6.45) is 10.00. The molecule has 2 aliphatic heterocycles. The Kier molecular flexibility index (Phi) is 6.85. The molecule has 2 aromatic heterocycles. The first kappa shape index (κ1) is 22.8. The van der Waals surface area contributed by atoms with Gasteiger partial charge in [0, 0.05) is 18.1 Å². The Labute approximate surface area is 206 Å². The number of hydrogen-bond acceptors (Lipinski definition) is 9. The van der Waals surface area contributed by atoms with Crippen molar-refractivity contribution in [1.82, 2.24) is 10.3 Å². The van der Waals surface area contributed by atoms with E-state index < -0.39 is 5.90 Å². The quantitative estimate of drug-likeness (QED) is 0.225. The van der Waals surface area contributed by atoms with Crippen molar-refractivity contribution >= 4 is 46.4 Å². The monoisotopic (exact) mass is 489 g/mol. The summed E-state index contributed by atoms with van der Waals surface area (Å²) >= 11 is 1.14. The van der Waals surface area contributed by atoms with Crippen LogP contribution in [0.5, 0.6) is 0 Å². The molecule has 1 aromatic carbocycles. The summed E-state index contributed by atoms with van der Waals surface area (Å²) in [4.78, 5) is 28.9. The van der Waals surface area contributed by atoms with Gasteiger partial charge >= 0.3 is 5.88 Å². The van der Waals surface area contributed by atoms with Crippen LogP contribution in [0.15, 0.2) is 81.3 Å². The third kappa shape index (κ3) is 5.40. The highest BCUT2D eigenvalue weighted by Gasteiger charge is 2.32. The number of carbonyl (C=O) groups excluding carboxylic acids is 1. The predicted molar refractivity (Wildman–Crippen MR) is 132 cm³/mol. The molecule has 3 aromatic rings. The second-order valence-electron chi connectivity index (χ2n) is 7.96. The molecular formula is C24H23N7O3S. The SMILES string of the molecule is O=C1/C(=C\c2cccnc2)N=C(SC/C([O-])=N\c2c[n+](N3CCCCC3)no2)N1c1ccccc1. The number of aromatic nitrogens is 3. The Bertz CT molecular complexity index is 1270. The van der Waals surface area contributed by atoms with Crippen molar-refractivity contribution in [2.45, 2.75) is 19.3 Å². The van der Waals surface area contributed by atoms with Gasteiger partial charge in [0.15, 0.2) is 5.17 Å². The van der Waals surface area contributed by atoms with Gasteiger partial charge in [0.05, 0.1) is 23.6 Å². The number of rotatable bonds is 6. The van der Waals surface area contributed by atoms with E-state index in [-0.39, 0.29) is 23.2 Å². The summed E-state index contributed by atoms with van der Waals surface area (Å²) < 4.78 is 5.22. The van der Waals surface area contributed by atoms with Crippen LogP contribution in [0.2, 0.25) is 0 Å².